The van der Waals surface area contributed by atoms with Crippen molar-refractivity contribution in [2.45, 2.75) is 26.6 Å². The van der Waals surface area contributed by atoms with Crippen LogP contribution in [0.1, 0.15) is 19.4 Å². The monoisotopic (exact) mass is 480 g/mol. The van der Waals surface area contributed by atoms with E-state index in [-0.39, 0.29) is 11.1 Å². The summed E-state index contributed by atoms with van der Waals surface area (Å²) in [7, 11) is 0. The van der Waals surface area contributed by atoms with Crippen LogP contribution in [0.5, 0.6) is 0 Å². The first-order valence-electron chi connectivity index (χ1n) is 9.28. The lowest BCUT2D eigenvalue weighted by atomic mass is 10.0. The number of esters is 1. The Hall–Kier alpha value is -2.55. The first-order valence-corrected chi connectivity index (χ1v) is 9.66. The minimum atomic E-state index is -4.77. The highest BCUT2D eigenvalue weighted by atomic mass is 35.5. The number of carbonyl (C=O) groups is 1. The van der Waals surface area contributed by atoms with E-state index in [4.69, 9.17) is 16.3 Å². The summed E-state index contributed by atoms with van der Waals surface area (Å²) in [5.74, 6) is -7.08. The lowest BCUT2D eigenvalue weighted by Gasteiger charge is -2.12. The highest BCUT2D eigenvalue weighted by Gasteiger charge is 2.62. The van der Waals surface area contributed by atoms with Gasteiger partial charge in [-0.25, -0.2) is 17.6 Å². The van der Waals surface area contributed by atoms with Crippen molar-refractivity contribution in [2.24, 2.45) is 17.3 Å². The summed E-state index contributed by atoms with van der Waals surface area (Å²) in [5, 5.41) is -1.38. The molecule has 0 amide bonds. The van der Waals surface area contributed by atoms with E-state index >= 15 is 0 Å². The van der Waals surface area contributed by atoms with E-state index in [9.17, 15) is 35.5 Å². The van der Waals surface area contributed by atoms with Crippen LogP contribution >= 0.6 is 11.6 Å². The van der Waals surface area contributed by atoms with E-state index in [1.807, 2.05) is 0 Å². The van der Waals surface area contributed by atoms with Gasteiger partial charge >= 0.3 is 12.1 Å². The minimum absolute atomic E-state index is 0.327. The van der Waals surface area contributed by atoms with Crippen molar-refractivity contribution in [3.05, 3.63) is 70.3 Å². The van der Waals surface area contributed by atoms with Gasteiger partial charge in [-0.2, -0.15) is 13.2 Å². The van der Waals surface area contributed by atoms with Gasteiger partial charge in [-0.15, -0.1) is 0 Å². The Kier molecular flexibility index (Phi) is 6.34. The second-order valence-electron chi connectivity index (χ2n) is 7.96. The maximum absolute atomic E-state index is 14.9. The number of ether oxygens (including phenoxy) is 1. The molecule has 0 bridgehead atoms. The van der Waals surface area contributed by atoms with Crippen LogP contribution in [0.4, 0.5) is 30.7 Å². The van der Waals surface area contributed by atoms with Gasteiger partial charge in [0.2, 0.25) is 0 Å². The van der Waals surface area contributed by atoms with Crippen LogP contribution < -0.4 is 0 Å². The molecule has 0 N–H and O–H groups in total. The zero-order valence-electron chi connectivity index (χ0n) is 16.7. The SMILES string of the molecule is CC1(C)C(C=C(Cl)C(F)(F)F)C1C(=O)OCc1c(F)ccc(-c2ccc(F)cc2F)c1F. The van der Waals surface area contributed by atoms with Gasteiger partial charge in [0.15, 0.2) is 0 Å². The largest absolute Gasteiger partial charge is 0.460 e. The molecule has 2 aromatic carbocycles. The highest BCUT2D eigenvalue weighted by Crippen LogP contribution is 2.60. The van der Waals surface area contributed by atoms with Crippen LogP contribution in [0, 0.1) is 40.5 Å². The molecule has 2 atom stereocenters. The quantitative estimate of drug-likeness (QED) is 0.343. The molecule has 1 saturated carbocycles. The molecule has 2 nitrogen and oxygen atoms in total. The average Bonchev–Trinajstić information content (AvgIpc) is 3.21. The summed E-state index contributed by atoms with van der Waals surface area (Å²) in [4.78, 5) is 12.4. The smallest absolute Gasteiger partial charge is 0.426 e. The van der Waals surface area contributed by atoms with Crippen molar-refractivity contribution < 1.29 is 40.3 Å². The van der Waals surface area contributed by atoms with Crippen LogP contribution in [0.2, 0.25) is 0 Å². The Bertz CT molecular complexity index is 1090. The number of allylic oxidation sites excluding steroid dienone is 2. The van der Waals surface area contributed by atoms with Gasteiger partial charge in [0, 0.05) is 17.2 Å². The molecule has 10 heteroatoms. The Morgan fingerprint density at radius 1 is 1.06 bits per heavy atom. The molecule has 32 heavy (non-hydrogen) atoms. The molecule has 0 radical (unpaired) electrons. The minimum Gasteiger partial charge on any atom is -0.460 e. The molecule has 1 aliphatic carbocycles. The van der Waals surface area contributed by atoms with Gasteiger partial charge in [-0.1, -0.05) is 31.5 Å². The summed E-state index contributed by atoms with van der Waals surface area (Å²) in [6.45, 7) is 2.18. The summed E-state index contributed by atoms with van der Waals surface area (Å²) >= 11 is 5.23. The van der Waals surface area contributed by atoms with Gasteiger partial charge in [-0.05, 0) is 35.6 Å². The molecule has 172 valence electrons. The van der Waals surface area contributed by atoms with Crippen molar-refractivity contribution in [3.8, 4) is 11.1 Å². The van der Waals surface area contributed by atoms with Gasteiger partial charge in [0.1, 0.15) is 34.9 Å². The van der Waals surface area contributed by atoms with Crippen LogP contribution in [0.15, 0.2) is 41.4 Å². The average molecular weight is 481 g/mol. The third-order valence-electron chi connectivity index (χ3n) is 5.53. The normalized spacial score (nSPS) is 20.2. The molecular formula is C22H16ClF7O2. The third-order valence-corrected chi connectivity index (χ3v) is 5.87. The van der Waals surface area contributed by atoms with Gasteiger partial charge in [0.05, 0.1) is 11.5 Å². The summed E-state index contributed by atoms with van der Waals surface area (Å²) in [5.41, 5.74) is -2.29. The van der Waals surface area contributed by atoms with E-state index < -0.39 is 69.9 Å². The fourth-order valence-corrected chi connectivity index (χ4v) is 3.71. The summed E-state index contributed by atoms with van der Waals surface area (Å²) in [6, 6.07) is 4.20. The van der Waals surface area contributed by atoms with Crippen LogP contribution in [-0.2, 0) is 16.1 Å². The Morgan fingerprint density at radius 2 is 1.69 bits per heavy atom. The first kappa shape index (κ1) is 24.1. The molecule has 2 unspecified atom stereocenters. The predicted octanol–water partition coefficient (Wildman–Crippen LogP) is 6.91. The predicted molar refractivity (Wildman–Crippen MR) is 102 cm³/mol. The standard InChI is InChI=1S/C22H16ClF7O2/c1-21(2)14(8-17(23)22(28,29)30)18(21)20(31)32-9-13-15(25)6-5-12(19(13)27)11-4-3-10(24)7-16(11)26/h3-8,14,18H,9H2,1-2H3. The zero-order chi connectivity index (χ0) is 24.0. The second kappa shape index (κ2) is 8.42. The number of carbonyl (C=O) groups excluding carboxylic acids is 1. The van der Waals surface area contributed by atoms with E-state index in [2.05, 4.69) is 0 Å². The maximum atomic E-state index is 14.9. The zero-order valence-corrected chi connectivity index (χ0v) is 17.4. The van der Waals surface area contributed by atoms with E-state index in [0.29, 0.717) is 12.1 Å². The molecule has 0 saturated heterocycles. The molecular weight excluding hydrogens is 465 g/mol. The van der Waals surface area contributed by atoms with Crippen LogP contribution in [0.25, 0.3) is 11.1 Å². The third kappa shape index (κ3) is 4.62. The molecule has 0 aromatic heterocycles. The van der Waals surface area contributed by atoms with Crippen LogP contribution in [-0.4, -0.2) is 12.1 Å². The second-order valence-corrected chi connectivity index (χ2v) is 8.36. The number of benzene rings is 2. The number of hydrogen-bond acceptors (Lipinski definition) is 2. The molecule has 0 aliphatic heterocycles. The van der Waals surface area contributed by atoms with Gasteiger partial charge in [0.25, 0.3) is 0 Å². The van der Waals surface area contributed by atoms with Crippen LogP contribution in [0.3, 0.4) is 0 Å². The number of alkyl halides is 3. The van der Waals surface area contributed by atoms with Crippen molar-refractivity contribution in [1.29, 1.82) is 0 Å². The van der Waals surface area contributed by atoms with Crippen molar-refractivity contribution >= 4 is 17.6 Å². The fourth-order valence-electron chi connectivity index (χ4n) is 3.57. The Labute approximate surface area is 183 Å². The number of halogens is 8. The summed E-state index contributed by atoms with van der Waals surface area (Å²) in [6.07, 6.45) is -4.05. The van der Waals surface area contributed by atoms with Crippen molar-refractivity contribution in [1.82, 2.24) is 0 Å². The highest BCUT2D eigenvalue weighted by molar-refractivity contribution is 6.30. The van der Waals surface area contributed by atoms with E-state index in [1.165, 1.54) is 13.8 Å². The maximum Gasteiger partial charge on any atom is 0.426 e. The molecule has 0 spiro atoms. The fraction of sp³-hybridized carbons (Fsp3) is 0.318. The topological polar surface area (TPSA) is 26.3 Å². The molecule has 0 heterocycles. The first-order chi connectivity index (χ1) is 14.7. The Morgan fingerprint density at radius 3 is 2.28 bits per heavy atom. The lowest BCUT2D eigenvalue weighted by molar-refractivity contribution is -0.147. The lowest BCUT2D eigenvalue weighted by Crippen LogP contribution is -2.12. The number of rotatable bonds is 5. The molecule has 3 rings (SSSR count). The molecule has 1 fully saturated rings. The van der Waals surface area contributed by atoms with E-state index in [1.54, 1.807) is 0 Å². The van der Waals surface area contributed by atoms with Gasteiger partial charge < -0.3 is 4.74 Å². The molecule has 1 aliphatic rings. The molecule has 2 aromatic rings. The van der Waals surface area contributed by atoms with Crippen molar-refractivity contribution in [2.75, 3.05) is 0 Å². The van der Waals surface area contributed by atoms with Gasteiger partial charge in [-0.3, -0.25) is 4.79 Å². The number of hydrogen-bond donors (Lipinski definition) is 0. The Balaban J connectivity index is 1.80. The van der Waals surface area contributed by atoms with Crippen molar-refractivity contribution in [3.63, 3.8) is 0 Å². The van der Waals surface area contributed by atoms with E-state index in [0.717, 1.165) is 24.3 Å². The summed E-state index contributed by atoms with van der Waals surface area (Å²) < 4.78 is 99.1.